The molecule has 0 saturated heterocycles. The molecule has 0 bridgehead atoms. The number of H-pyrrole nitrogens is 7. The van der Waals surface area contributed by atoms with Crippen molar-refractivity contribution in [2.24, 2.45) is 15.0 Å². The van der Waals surface area contributed by atoms with Crippen LogP contribution in [-0.2, 0) is 19.3 Å². The molecule has 0 radical (unpaired) electrons. The smallest absolute Gasteiger partial charge is 0.188 e. The normalized spacial score (nSPS) is 12.6. The van der Waals surface area contributed by atoms with Gasteiger partial charge in [-0.1, -0.05) is 155 Å². The van der Waals surface area contributed by atoms with Gasteiger partial charge in [0.1, 0.15) is 11.6 Å². The second-order valence-corrected chi connectivity index (χ2v) is 37.4. The predicted molar refractivity (Wildman–Crippen MR) is 593 cm³/mol. The summed E-state index contributed by atoms with van der Waals surface area (Å²) >= 11 is 3.58. The van der Waals surface area contributed by atoms with Gasteiger partial charge in [-0.2, -0.15) is 0 Å². The van der Waals surface area contributed by atoms with Gasteiger partial charge in [0.15, 0.2) is 5.69 Å². The van der Waals surface area contributed by atoms with E-state index in [0.29, 0.717) is 5.69 Å². The molecule has 17 aromatic heterocycles. The average molecular weight is 1940 g/mol. The third kappa shape index (κ3) is 13.9. The number of nitrogens with one attached hydrogen (secondary N) is 7. The minimum absolute atomic E-state index is 0.633. The molecule has 0 fully saturated rings. The summed E-state index contributed by atoms with van der Waals surface area (Å²) in [5.74, 6) is 1.69. The molecule has 32 rings (SSSR count). The quantitative estimate of drug-likeness (QED) is 0.0579. The molecule has 146 heavy (non-hydrogen) atoms. The molecule has 24 heteroatoms. The third-order valence-electron chi connectivity index (χ3n) is 28.3. The first-order valence-corrected chi connectivity index (χ1v) is 48.8. The van der Waals surface area contributed by atoms with E-state index in [2.05, 4.69) is 301 Å². The Kier molecular flexibility index (Phi) is 19.9. The Morgan fingerprint density at radius 1 is 0.267 bits per heavy atom. The summed E-state index contributed by atoms with van der Waals surface area (Å²) < 4.78 is 1.07. The zero-order valence-electron chi connectivity index (χ0n) is 77.8. The number of hydrogen-bond donors (Lipinski definition) is 7. The fraction of sp³-hybridized carbons (Fsp3) is 0.0328. The third-order valence-corrected chi connectivity index (χ3v) is 28.8. The van der Waals surface area contributed by atoms with Gasteiger partial charge in [0, 0.05) is 229 Å². The van der Waals surface area contributed by atoms with Gasteiger partial charge in [-0.25, -0.2) is 14.8 Å². The molecule has 686 valence electrons. The predicted octanol–water partition coefficient (Wildman–Crippen LogP) is 29.4. The van der Waals surface area contributed by atoms with Gasteiger partial charge in [-0.3, -0.25) is 64.8 Å². The number of aryl methyl sites for hydroxylation is 1. The Balaban J connectivity index is 0.0000000885. The van der Waals surface area contributed by atoms with Crippen molar-refractivity contribution >= 4 is 241 Å². The van der Waals surface area contributed by atoms with Crippen LogP contribution in [0.3, 0.4) is 0 Å². The lowest BCUT2D eigenvalue weighted by molar-refractivity contribution is 1.26. The van der Waals surface area contributed by atoms with Crippen LogP contribution in [0.15, 0.2) is 385 Å². The van der Waals surface area contributed by atoms with Gasteiger partial charge in [0.2, 0.25) is 0 Å². The summed E-state index contributed by atoms with van der Waals surface area (Å²) in [7, 11) is 0. The molecule has 7 N–H and O–H groups in total. The Morgan fingerprint density at radius 2 is 0.589 bits per heavy atom. The van der Waals surface area contributed by atoms with Crippen LogP contribution in [-0.4, -0.2) is 112 Å². The first kappa shape index (κ1) is 84.4. The van der Waals surface area contributed by atoms with E-state index >= 15 is 0 Å². The highest BCUT2D eigenvalue weighted by molar-refractivity contribution is 9.10. The van der Waals surface area contributed by atoms with E-state index in [1.54, 1.807) is 12.4 Å². The molecule has 3 aliphatic heterocycles. The fourth-order valence-corrected chi connectivity index (χ4v) is 22.2. The van der Waals surface area contributed by atoms with Crippen molar-refractivity contribution in [2.45, 2.75) is 26.2 Å². The first-order chi connectivity index (χ1) is 72.2. The summed E-state index contributed by atoms with van der Waals surface area (Å²) in [5, 5.41) is 16.3. The van der Waals surface area contributed by atoms with Crippen molar-refractivity contribution in [3.05, 3.63) is 421 Å². The number of aliphatic imine (C=N–C) groups is 3. The van der Waals surface area contributed by atoms with Crippen LogP contribution in [0, 0.1) is 13.5 Å². The molecule has 0 atom stereocenters. The number of benzene rings is 12. The number of pyridine rings is 10. The molecule has 0 unspecified atom stereocenters. The largest absolute Gasteiger partial charge is 0.361 e. The highest BCUT2D eigenvalue weighted by Crippen LogP contribution is 2.49. The summed E-state index contributed by atoms with van der Waals surface area (Å²) in [6.07, 6.45) is 24.5. The van der Waals surface area contributed by atoms with Crippen LogP contribution >= 0.6 is 15.9 Å². The van der Waals surface area contributed by atoms with Crippen LogP contribution in [0.4, 0.5) is 22.7 Å². The van der Waals surface area contributed by atoms with E-state index in [1.165, 1.54) is 38.4 Å². The molecule has 0 spiro atoms. The standard InChI is InChI=1S/C28H18N4.C27H17N5.C23H13N5.C22H13BrN4.C22H15N5/c1-2-8-17(9-3-1)25-24(19-10-4-5-13-22(19)31-25)23-16-21-18-11-6-14-29-27(18)28-20(26(21)32-23)12-7-15-30-28;1-2-8-16(9-3-1)22-21(17-10-4-5-13-20(17)30-22)27-31-25-18-11-6-14-28-23(18)24-19(26(25)32-27)12-7-15-29-24;1-24-13-6-7-19-16(10-13)18(12-27-19)20-11-17-14-4-2-8-25-22(14)23-15(21(17)28-20)5-3-9-26-23;23-12-5-6-18-15(9-12)17(11-26-18)19-10-16-13-3-1-7-24-21(13)22-14(20(16)27-19)4-2-8-25-22;1-12-17(13-6-2-3-9-16(13)25-12)22-26-20-14-7-4-10-23-18(14)19-15(21(20)27-22)8-5-11-24-19/h1-15,31H,16H2;1-15,30H,(H,31,32);2-10,12,27H,11H2;1-9,11,26H,10H2;2-11,25H,1H3,(H,26,27). The molecule has 23 nitrogen and oxygen atoms in total. The lowest BCUT2D eigenvalue weighted by Gasteiger charge is -2.08. The molecule has 0 aliphatic carbocycles. The van der Waals surface area contributed by atoms with Crippen molar-refractivity contribution in [3.8, 4) is 45.3 Å². The Hall–Kier alpha value is -19.6. The molecular weight excluding hydrogens is 1870 g/mol. The molecule has 3 aliphatic rings. The Morgan fingerprint density at radius 3 is 1.03 bits per heavy atom. The maximum Gasteiger partial charge on any atom is 0.188 e. The van der Waals surface area contributed by atoms with Crippen LogP contribution in [0.2, 0.25) is 0 Å². The van der Waals surface area contributed by atoms with Gasteiger partial charge in [0.05, 0.1) is 135 Å². The zero-order valence-corrected chi connectivity index (χ0v) is 79.4. The maximum absolute atomic E-state index is 7.31. The van der Waals surface area contributed by atoms with Gasteiger partial charge >= 0.3 is 0 Å². The van der Waals surface area contributed by atoms with Crippen molar-refractivity contribution in [1.82, 2.24) is 94.7 Å². The van der Waals surface area contributed by atoms with E-state index in [-0.39, 0.29) is 0 Å². The Bertz CT molecular complexity index is 10500. The number of nitrogens with zero attached hydrogens (tertiary/aromatic N) is 16. The summed E-state index contributed by atoms with van der Waals surface area (Å²) in [6, 6.07) is 98.6. The maximum atomic E-state index is 7.31. The molecule has 29 aromatic rings. The van der Waals surface area contributed by atoms with E-state index < -0.39 is 0 Å². The number of aromatic amines is 7. The van der Waals surface area contributed by atoms with Gasteiger partial charge in [-0.15, -0.1) is 0 Å². The van der Waals surface area contributed by atoms with E-state index in [1.807, 2.05) is 165 Å². The number of imidazole rings is 2. The first-order valence-electron chi connectivity index (χ1n) is 48.0. The highest BCUT2D eigenvalue weighted by atomic mass is 79.9. The number of para-hydroxylation sites is 3. The minimum atomic E-state index is 0.633. The summed E-state index contributed by atoms with van der Waals surface area (Å²) in [6.45, 7) is 9.39. The van der Waals surface area contributed by atoms with E-state index in [0.717, 1.165) is 289 Å². The minimum Gasteiger partial charge on any atom is -0.361 e. The van der Waals surface area contributed by atoms with Crippen LogP contribution in [0.1, 0.15) is 39.1 Å². The monoisotopic (exact) mass is 1940 g/mol. The molecule has 12 aromatic carbocycles. The van der Waals surface area contributed by atoms with Crippen LogP contribution < -0.4 is 0 Å². The fourth-order valence-electron chi connectivity index (χ4n) is 21.9. The van der Waals surface area contributed by atoms with Gasteiger partial charge in [0.25, 0.3) is 0 Å². The second-order valence-electron chi connectivity index (χ2n) is 36.5. The molecule has 0 saturated carbocycles. The second kappa shape index (κ2) is 34.4. The van der Waals surface area contributed by atoms with Crippen LogP contribution in [0.25, 0.3) is 236 Å². The van der Waals surface area contributed by atoms with Crippen molar-refractivity contribution < 1.29 is 0 Å². The number of hydrogen-bond acceptors (Lipinski definition) is 15. The zero-order chi connectivity index (χ0) is 96.7. The van der Waals surface area contributed by atoms with E-state index in [4.69, 9.17) is 31.5 Å². The molecule has 0 amide bonds. The number of aromatic nitrogens is 19. The number of rotatable bonds is 7. The van der Waals surface area contributed by atoms with Gasteiger partial charge in [-0.05, 0) is 192 Å². The van der Waals surface area contributed by atoms with E-state index in [9.17, 15) is 0 Å². The van der Waals surface area contributed by atoms with Crippen LogP contribution in [0.5, 0.6) is 0 Å². The Labute approximate surface area is 837 Å². The number of halogens is 1. The van der Waals surface area contributed by atoms with Crippen molar-refractivity contribution in [2.75, 3.05) is 0 Å². The number of fused-ring (bicyclic) bond motifs is 35. The topological polar surface area (TPSA) is 307 Å². The summed E-state index contributed by atoms with van der Waals surface area (Å²) in [5.41, 5.74) is 39.9. The van der Waals surface area contributed by atoms with Crippen molar-refractivity contribution in [3.63, 3.8) is 0 Å². The molecule has 20 heterocycles. The SMILES string of the molecule is Brc1ccc2[nH]cc(C3=Nc4c(c5cccnc5c5ncccc45)C3)c2c1.Cc1[nH]c2ccccc2c1-c1nc2c3cccnc3c3ncccc3c2[nH]1.[C-]#[N+]c1ccc2[nH]cc(C3=Nc4c(c5cccnc5c5ncccc45)C3)c2c1.c1ccc(-c2[nH]c3ccccc3c2-c2nc3c4cccnc4c4ncccc4c3[nH]2)cc1.c1ccc(-c2[nH]c3ccccc3c2C2=Nc3c(c4cccnc4c4ncccc34)C2)cc1. The highest BCUT2D eigenvalue weighted by Gasteiger charge is 2.32. The molecular formula is C122H76BrN23. The van der Waals surface area contributed by atoms with Gasteiger partial charge < -0.3 is 34.9 Å². The average Bonchev–Trinajstić information content (AvgIpc) is 1.57. The lowest BCUT2D eigenvalue weighted by Crippen LogP contribution is -2.02. The van der Waals surface area contributed by atoms with Crippen molar-refractivity contribution in [1.29, 1.82) is 0 Å². The lowest BCUT2D eigenvalue weighted by atomic mass is 9.95. The summed E-state index contributed by atoms with van der Waals surface area (Å²) in [4.78, 5) is 99.7.